The summed E-state index contributed by atoms with van der Waals surface area (Å²) in [6.07, 6.45) is 3.58. The first-order chi connectivity index (χ1) is 14.0. The quantitative estimate of drug-likeness (QED) is 0.735. The Kier molecular flexibility index (Phi) is 7.60. The molecule has 8 heteroatoms. The van der Waals surface area contributed by atoms with Gasteiger partial charge in [0.25, 0.3) is 0 Å². The van der Waals surface area contributed by atoms with Gasteiger partial charge in [0, 0.05) is 51.2 Å². The van der Waals surface area contributed by atoms with Gasteiger partial charge in [0.15, 0.2) is 0 Å². The van der Waals surface area contributed by atoms with E-state index >= 15 is 0 Å². The summed E-state index contributed by atoms with van der Waals surface area (Å²) in [6, 6.07) is 6.49. The van der Waals surface area contributed by atoms with Gasteiger partial charge in [-0.1, -0.05) is 12.1 Å². The zero-order valence-electron chi connectivity index (χ0n) is 17.2. The van der Waals surface area contributed by atoms with Crippen LogP contribution in [0.4, 0.5) is 9.18 Å². The van der Waals surface area contributed by atoms with E-state index < -0.39 is 0 Å². The molecule has 0 radical (unpaired) electrons. The van der Waals surface area contributed by atoms with Crippen molar-refractivity contribution in [2.24, 2.45) is 0 Å². The Bertz CT molecular complexity index is 789. The lowest BCUT2D eigenvalue weighted by Crippen LogP contribution is -2.47. The predicted octanol–water partition coefficient (Wildman–Crippen LogP) is 2.32. The predicted molar refractivity (Wildman–Crippen MR) is 109 cm³/mol. The van der Waals surface area contributed by atoms with Crippen LogP contribution in [-0.4, -0.2) is 70.8 Å². The van der Waals surface area contributed by atoms with Crippen molar-refractivity contribution in [3.63, 3.8) is 0 Å². The molecule has 1 aliphatic rings. The number of halogens is 1. The first-order valence-electron chi connectivity index (χ1n) is 10.1. The van der Waals surface area contributed by atoms with Gasteiger partial charge in [-0.05, 0) is 31.5 Å². The first-order valence-corrected chi connectivity index (χ1v) is 10.1. The number of amides is 2. The third-order valence-corrected chi connectivity index (χ3v) is 4.87. The van der Waals surface area contributed by atoms with E-state index in [0.29, 0.717) is 19.6 Å². The molecule has 1 fully saturated rings. The van der Waals surface area contributed by atoms with E-state index in [1.165, 1.54) is 12.1 Å². The van der Waals surface area contributed by atoms with Gasteiger partial charge in [0.2, 0.25) is 0 Å². The normalized spacial score (nSPS) is 14.9. The Labute approximate surface area is 171 Å². The number of carbonyl (C=O) groups is 1. The molecule has 0 aliphatic carbocycles. The van der Waals surface area contributed by atoms with Crippen molar-refractivity contribution in [1.29, 1.82) is 0 Å². The number of hydrogen-bond acceptors (Lipinski definition) is 4. The highest BCUT2D eigenvalue weighted by atomic mass is 19.1. The van der Waals surface area contributed by atoms with E-state index in [-0.39, 0.29) is 17.9 Å². The molecule has 29 heavy (non-hydrogen) atoms. The number of imidazole rings is 1. The van der Waals surface area contributed by atoms with Crippen LogP contribution in [0.1, 0.15) is 25.2 Å². The lowest BCUT2D eigenvalue weighted by atomic mass is 10.2. The van der Waals surface area contributed by atoms with E-state index in [1.54, 1.807) is 17.2 Å². The maximum absolute atomic E-state index is 13.5. The minimum absolute atomic E-state index is 0.0559. The van der Waals surface area contributed by atoms with E-state index in [1.807, 2.05) is 30.7 Å². The second kappa shape index (κ2) is 10.4. The van der Waals surface area contributed by atoms with Crippen molar-refractivity contribution in [3.8, 4) is 0 Å². The van der Waals surface area contributed by atoms with Gasteiger partial charge in [-0.2, -0.15) is 0 Å². The maximum Gasteiger partial charge on any atom is 0.318 e. The monoisotopic (exact) mass is 403 g/mol. The number of benzene rings is 1. The molecule has 1 aliphatic heterocycles. The third-order valence-electron chi connectivity index (χ3n) is 4.87. The van der Waals surface area contributed by atoms with E-state index in [0.717, 1.165) is 44.2 Å². The molecule has 7 nitrogen and oxygen atoms in total. The lowest BCUT2D eigenvalue weighted by Gasteiger charge is -2.30. The van der Waals surface area contributed by atoms with Crippen LogP contribution in [0, 0.1) is 5.82 Å². The fourth-order valence-corrected chi connectivity index (χ4v) is 3.32. The number of rotatable bonds is 8. The number of aromatic nitrogens is 2. The molecule has 0 bridgehead atoms. The van der Waals surface area contributed by atoms with Crippen LogP contribution in [0.3, 0.4) is 0 Å². The van der Waals surface area contributed by atoms with Crippen molar-refractivity contribution >= 4 is 6.03 Å². The molecule has 1 N–H and O–H groups in total. The number of carbonyl (C=O) groups excluding carboxylic acids is 1. The Balaban J connectivity index is 1.68. The summed E-state index contributed by atoms with van der Waals surface area (Å²) in [4.78, 5) is 21.3. The summed E-state index contributed by atoms with van der Waals surface area (Å²) in [5, 5.41) is 2.98. The number of nitrogens with zero attached hydrogens (tertiary/aromatic N) is 4. The maximum atomic E-state index is 13.5. The minimum atomic E-state index is -0.257. The van der Waals surface area contributed by atoms with E-state index in [9.17, 15) is 9.18 Å². The molecule has 1 saturated heterocycles. The topological polar surface area (TPSA) is 62.6 Å². The Morgan fingerprint density at radius 3 is 2.86 bits per heavy atom. The summed E-state index contributed by atoms with van der Waals surface area (Å²) < 4.78 is 20.9. The van der Waals surface area contributed by atoms with Crippen LogP contribution in [-0.2, 0) is 17.8 Å². The summed E-state index contributed by atoms with van der Waals surface area (Å²) in [7, 11) is 0. The van der Waals surface area contributed by atoms with Crippen molar-refractivity contribution in [2.75, 3.05) is 39.4 Å². The highest BCUT2D eigenvalue weighted by molar-refractivity contribution is 5.74. The van der Waals surface area contributed by atoms with Crippen molar-refractivity contribution in [2.45, 2.75) is 33.0 Å². The molecule has 0 spiro atoms. The third kappa shape index (κ3) is 6.54. The van der Waals surface area contributed by atoms with Crippen LogP contribution in [0.2, 0.25) is 0 Å². The lowest BCUT2D eigenvalue weighted by molar-refractivity contribution is 0.0345. The minimum Gasteiger partial charge on any atom is -0.379 e. The van der Waals surface area contributed by atoms with Gasteiger partial charge >= 0.3 is 6.03 Å². The Morgan fingerprint density at radius 2 is 2.14 bits per heavy atom. The number of hydrogen-bond donors (Lipinski definition) is 1. The average molecular weight is 404 g/mol. The molecule has 0 atom stereocenters. The van der Waals surface area contributed by atoms with Crippen molar-refractivity contribution < 1.29 is 13.9 Å². The molecule has 1 aromatic heterocycles. The second-order valence-electron chi connectivity index (χ2n) is 7.58. The molecule has 1 aromatic carbocycles. The fraction of sp³-hybridized carbons (Fsp3) is 0.524. The number of morpholine rings is 1. The van der Waals surface area contributed by atoms with Crippen LogP contribution >= 0.6 is 0 Å². The molecule has 0 saturated carbocycles. The molecule has 2 amide bonds. The van der Waals surface area contributed by atoms with E-state index in [2.05, 4.69) is 15.2 Å². The highest BCUT2D eigenvalue weighted by Gasteiger charge is 2.19. The Morgan fingerprint density at radius 1 is 1.34 bits per heavy atom. The van der Waals surface area contributed by atoms with Crippen LogP contribution in [0.5, 0.6) is 0 Å². The van der Waals surface area contributed by atoms with Crippen LogP contribution < -0.4 is 5.32 Å². The van der Waals surface area contributed by atoms with Gasteiger partial charge in [0.05, 0.1) is 19.8 Å². The summed E-state index contributed by atoms with van der Waals surface area (Å²) >= 11 is 0. The van der Waals surface area contributed by atoms with Gasteiger partial charge in [-0.3, -0.25) is 4.90 Å². The zero-order chi connectivity index (χ0) is 20.6. The average Bonchev–Trinajstić information content (AvgIpc) is 3.12. The molecule has 0 unspecified atom stereocenters. The SMILES string of the molecule is CC(C)NC(=O)N(CCN1CCOCC1)Cc1nccn1Cc1cccc(F)c1. The largest absolute Gasteiger partial charge is 0.379 e. The summed E-state index contributed by atoms with van der Waals surface area (Å²) in [6.45, 7) is 9.42. The molecular weight excluding hydrogens is 373 g/mol. The molecular formula is C21H30FN5O2. The summed E-state index contributed by atoms with van der Waals surface area (Å²) in [5.41, 5.74) is 0.857. The highest BCUT2D eigenvalue weighted by Crippen LogP contribution is 2.10. The van der Waals surface area contributed by atoms with Gasteiger partial charge < -0.3 is 19.5 Å². The van der Waals surface area contributed by atoms with Gasteiger partial charge in [-0.15, -0.1) is 0 Å². The van der Waals surface area contributed by atoms with Crippen LogP contribution in [0.15, 0.2) is 36.7 Å². The first kappa shape index (κ1) is 21.3. The molecule has 3 rings (SSSR count). The smallest absolute Gasteiger partial charge is 0.318 e. The number of urea groups is 1. The fourth-order valence-electron chi connectivity index (χ4n) is 3.32. The standard InChI is InChI=1S/C21H30FN5O2/c1-17(2)24-21(28)27(9-8-25-10-12-29-13-11-25)16-20-23-6-7-26(20)15-18-4-3-5-19(22)14-18/h3-7,14,17H,8-13,15-16H2,1-2H3,(H,24,28). The zero-order valence-corrected chi connectivity index (χ0v) is 17.2. The Hall–Kier alpha value is -2.45. The second-order valence-corrected chi connectivity index (χ2v) is 7.58. The van der Waals surface area contributed by atoms with Crippen molar-refractivity contribution in [1.82, 2.24) is 24.7 Å². The number of nitrogens with one attached hydrogen (secondary N) is 1. The van der Waals surface area contributed by atoms with Crippen LogP contribution in [0.25, 0.3) is 0 Å². The summed E-state index contributed by atoms with van der Waals surface area (Å²) in [5.74, 6) is 0.516. The van der Waals surface area contributed by atoms with Crippen molar-refractivity contribution in [3.05, 3.63) is 53.9 Å². The number of ether oxygens (including phenoxy) is 1. The molecule has 158 valence electrons. The molecule has 2 heterocycles. The van der Waals surface area contributed by atoms with E-state index in [4.69, 9.17) is 4.74 Å². The molecule has 2 aromatic rings. The van der Waals surface area contributed by atoms with Gasteiger partial charge in [-0.25, -0.2) is 14.2 Å². The van der Waals surface area contributed by atoms with Gasteiger partial charge in [0.1, 0.15) is 11.6 Å².